The molecular weight excluding hydrogens is 296 g/mol. The summed E-state index contributed by atoms with van der Waals surface area (Å²) in [5, 5.41) is 0. The molecule has 1 unspecified atom stereocenters. The highest BCUT2D eigenvalue weighted by Gasteiger charge is 2.39. The molecule has 0 aromatic rings. The van der Waals surface area contributed by atoms with E-state index in [4.69, 9.17) is 4.74 Å². The molecule has 2 aliphatic heterocycles. The summed E-state index contributed by atoms with van der Waals surface area (Å²) < 4.78 is 5.28. The van der Waals surface area contributed by atoms with Crippen LogP contribution in [0.25, 0.3) is 0 Å². The minimum absolute atomic E-state index is 0.0554. The first-order valence-electron chi connectivity index (χ1n) is 8.35. The predicted octanol–water partition coefficient (Wildman–Crippen LogP) is 0.205. The number of carbonyl (C=O) groups is 2. The average molecular weight is 324 g/mol. The molecule has 2 atom stereocenters. The van der Waals surface area contributed by atoms with Crippen LogP contribution >= 0.6 is 0 Å². The molecule has 7 heteroatoms. The molecule has 2 amide bonds. The Morgan fingerprint density at radius 1 is 1.35 bits per heavy atom. The second-order valence-electron chi connectivity index (χ2n) is 6.39. The highest BCUT2D eigenvalue weighted by atomic mass is 16.5. The van der Waals surface area contributed by atoms with Crippen molar-refractivity contribution in [2.75, 3.05) is 46.9 Å². The standard InChI is InChI=1S/C16H28N4O3/c1-5-19(10-9-18(3)4)16(22)14-7-6-8-20(14)15(21)13-11-23-12(2)17-13/h13-14H,5-11H2,1-4H3/t13?,14-/m0/s1. The molecule has 0 spiro atoms. The lowest BCUT2D eigenvalue weighted by Crippen LogP contribution is -2.51. The van der Waals surface area contributed by atoms with E-state index in [0.717, 1.165) is 19.4 Å². The molecule has 0 saturated carbocycles. The van der Waals surface area contributed by atoms with Gasteiger partial charge in [0.1, 0.15) is 12.6 Å². The monoisotopic (exact) mass is 324 g/mol. The minimum Gasteiger partial charge on any atom is -0.478 e. The molecule has 0 aromatic carbocycles. The zero-order valence-electron chi connectivity index (χ0n) is 14.6. The van der Waals surface area contributed by atoms with E-state index >= 15 is 0 Å². The van der Waals surface area contributed by atoms with Gasteiger partial charge >= 0.3 is 0 Å². The van der Waals surface area contributed by atoms with Crippen molar-refractivity contribution in [3.05, 3.63) is 0 Å². The SMILES string of the molecule is CCN(CCN(C)C)C(=O)[C@@H]1CCCN1C(=O)C1COC(C)=N1. The molecule has 0 aliphatic carbocycles. The van der Waals surface area contributed by atoms with Gasteiger partial charge in [-0.2, -0.15) is 0 Å². The quantitative estimate of drug-likeness (QED) is 0.700. The third-order valence-corrected chi connectivity index (χ3v) is 4.40. The fourth-order valence-electron chi connectivity index (χ4n) is 3.05. The van der Waals surface area contributed by atoms with Gasteiger partial charge in [0.05, 0.1) is 0 Å². The van der Waals surface area contributed by atoms with Crippen LogP contribution in [0.2, 0.25) is 0 Å². The molecule has 1 fully saturated rings. The Kier molecular flexibility index (Phi) is 5.98. The summed E-state index contributed by atoms with van der Waals surface area (Å²) in [6.45, 7) is 6.82. The summed E-state index contributed by atoms with van der Waals surface area (Å²) in [5.41, 5.74) is 0. The van der Waals surface area contributed by atoms with Gasteiger partial charge in [0.25, 0.3) is 5.91 Å². The lowest BCUT2D eigenvalue weighted by atomic mass is 10.1. The normalized spacial score (nSPS) is 23.9. The number of likely N-dealkylation sites (tertiary alicyclic amines) is 1. The molecule has 23 heavy (non-hydrogen) atoms. The van der Waals surface area contributed by atoms with Crippen LogP contribution in [0, 0.1) is 0 Å². The van der Waals surface area contributed by atoms with Crippen molar-refractivity contribution >= 4 is 17.7 Å². The molecule has 0 bridgehead atoms. The Bertz CT molecular complexity index is 478. The Balaban J connectivity index is 2.02. The van der Waals surface area contributed by atoms with Crippen LogP contribution in [0.15, 0.2) is 4.99 Å². The van der Waals surface area contributed by atoms with E-state index in [1.54, 1.807) is 11.8 Å². The average Bonchev–Trinajstić information content (AvgIpc) is 3.15. The van der Waals surface area contributed by atoms with Crippen molar-refractivity contribution in [3.8, 4) is 0 Å². The van der Waals surface area contributed by atoms with Crippen LogP contribution in [0.4, 0.5) is 0 Å². The van der Waals surface area contributed by atoms with Crippen molar-refractivity contribution < 1.29 is 14.3 Å². The second-order valence-corrected chi connectivity index (χ2v) is 6.39. The number of hydrogen-bond acceptors (Lipinski definition) is 5. The van der Waals surface area contributed by atoms with E-state index in [9.17, 15) is 9.59 Å². The topological polar surface area (TPSA) is 65.5 Å². The second kappa shape index (κ2) is 7.77. The highest BCUT2D eigenvalue weighted by Crippen LogP contribution is 2.22. The molecule has 0 radical (unpaired) electrons. The highest BCUT2D eigenvalue weighted by molar-refractivity contribution is 5.92. The molecule has 2 heterocycles. The van der Waals surface area contributed by atoms with Crippen molar-refractivity contribution in [3.63, 3.8) is 0 Å². The van der Waals surface area contributed by atoms with Crippen molar-refractivity contribution in [2.45, 2.75) is 38.8 Å². The molecular formula is C16H28N4O3. The molecule has 1 saturated heterocycles. The Morgan fingerprint density at radius 2 is 2.09 bits per heavy atom. The van der Waals surface area contributed by atoms with Gasteiger partial charge < -0.3 is 19.4 Å². The minimum atomic E-state index is -0.486. The van der Waals surface area contributed by atoms with E-state index in [1.807, 2.05) is 25.9 Å². The number of likely N-dealkylation sites (N-methyl/N-ethyl adjacent to an activating group) is 2. The lowest BCUT2D eigenvalue weighted by Gasteiger charge is -2.31. The number of rotatable bonds is 6. The third-order valence-electron chi connectivity index (χ3n) is 4.40. The number of aliphatic imine (C=N–C) groups is 1. The Hall–Kier alpha value is -1.63. The fraction of sp³-hybridized carbons (Fsp3) is 0.812. The summed E-state index contributed by atoms with van der Waals surface area (Å²) in [4.78, 5) is 35.3. The van der Waals surface area contributed by atoms with Crippen LogP contribution < -0.4 is 0 Å². The summed E-state index contributed by atoms with van der Waals surface area (Å²) in [6.07, 6.45) is 1.60. The van der Waals surface area contributed by atoms with Gasteiger partial charge in [0.2, 0.25) is 5.91 Å². The van der Waals surface area contributed by atoms with E-state index in [0.29, 0.717) is 32.1 Å². The van der Waals surface area contributed by atoms with Gasteiger partial charge in [-0.25, -0.2) is 4.99 Å². The molecule has 0 N–H and O–H groups in total. The first-order chi connectivity index (χ1) is 10.9. The first kappa shape index (κ1) is 17.7. The molecule has 7 nitrogen and oxygen atoms in total. The smallest absolute Gasteiger partial charge is 0.251 e. The van der Waals surface area contributed by atoms with E-state index < -0.39 is 6.04 Å². The number of nitrogens with zero attached hydrogens (tertiary/aromatic N) is 4. The molecule has 2 aliphatic rings. The number of hydrogen-bond donors (Lipinski definition) is 0. The fourth-order valence-corrected chi connectivity index (χ4v) is 3.05. The maximum Gasteiger partial charge on any atom is 0.251 e. The number of ether oxygens (including phenoxy) is 1. The van der Waals surface area contributed by atoms with Crippen LogP contribution in [0.3, 0.4) is 0 Å². The molecule has 130 valence electrons. The van der Waals surface area contributed by atoms with Gasteiger partial charge in [0.15, 0.2) is 11.9 Å². The summed E-state index contributed by atoms with van der Waals surface area (Å²) in [6, 6.07) is -0.832. The predicted molar refractivity (Wildman–Crippen MR) is 88.4 cm³/mol. The lowest BCUT2D eigenvalue weighted by molar-refractivity contribution is -0.144. The van der Waals surface area contributed by atoms with Crippen LogP contribution in [-0.4, -0.2) is 91.4 Å². The maximum absolute atomic E-state index is 12.8. The summed E-state index contributed by atoms with van der Waals surface area (Å²) >= 11 is 0. The zero-order chi connectivity index (χ0) is 17.0. The number of carbonyl (C=O) groups excluding carboxylic acids is 2. The van der Waals surface area contributed by atoms with E-state index in [-0.39, 0.29) is 17.9 Å². The number of amides is 2. The van der Waals surface area contributed by atoms with E-state index in [1.165, 1.54) is 0 Å². The van der Waals surface area contributed by atoms with Crippen LogP contribution in [0.1, 0.15) is 26.7 Å². The van der Waals surface area contributed by atoms with Crippen molar-refractivity contribution in [1.82, 2.24) is 14.7 Å². The van der Waals surface area contributed by atoms with Gasteiger partial charge in [-0.1, -0.05) is 0 Å². The largest absolute Gasteiger partial charge is 0.478 e. The van der Waals surface area contributed by atoms with Crippen molar-refractivity contribution in [2.24, 2.45) is 4.99 Å². The first-order valence-corrected chi connectivity index (χ1v) is 8.35. The van der Waals surface area contributed by atoms with Crippen LogP contribution in [-0.2, 0) is 14.3 Å². The van der Waals surface area contributed by atoms with Gasteiger partial charge in [0, 0.05) is 33.1 Å². The Morgan fingerprint density at radius 3 is 2.65 bits per heavy atom. The van der Waals surface area contributed by atoms with Gasteiger partial charge in [-0.05, 0) is 33.9 Å². The van der Waals surface area contributed by atoms with Crippen LogP contribution in [0.5, 0.6) is 0 Å². The van der Waals surface area contributed by atoms with Gasteiger partial charge in [-0.15, -0.1) is 0 Å². The maximum atomic E-state index is 12.8. The van der Waals surface area contributed by atoms with Gasteiger partial charge in [-0.3, -0.25) is 9.59 Å². The molecule has 2 rings (SSSR count). The Labute approximate surface area is 138 Å². The summed E-state index contributed by atoms with van der Waals surface area (Å²) in [5.74, 6) is 0.521. The van der Waals surface area contributed by atoms with E-state index in [2.05, 4.69) is 9.89 Å². The zero-order valence-corrected chi connectivity index (χ0v) is 14.6. The third kappa shape index (κ3) is 4.22. The molecule has 0 aromatic heterocycles. The van der Waals surface area contributed by atoms with Crippen molar-refractivity contribution in [1.29, 1.82) is 0 Å². The summed E-state index contributed by atoms with van der Waals surface area (Å²) in [7, 11) is 3.98.